The molecule has 0 spiro atoms. The van der Waals surface area contributed by atoms with Crippen LogP contribution in [0.3, 0.4) is 0 Å². The molecule has 0 bridgehead atoms. The van der Waals surface area contributed by atoms with E-state index in [0.717, 1.165) is 23.3 Å². The highest BCUT2D eigenvalue weighted by Crippen LogP contribution is 2.44. The van der Waals surface area contributed by atoms with Gasteiger partial charge in [-0.05, 0) is 56.4 Å². The Balaban J connectivity index is 1.53. The molecule has 1 saturated heterocycles. The number of aryl methyl sites for hydroxylation is 1. The lowest BCUT2D eigenvalue weighted by Gasteiger charge is -2.33. The van der Waals surface area contributed by atoms with Crippen molar-refractivity contribution in [2.45, 2.75) is 70.4 Å². The summed E-state index contributed by atoms with van der Waals surface area (Å²) in [4.78, 5) is 16.5. The molecule has 6 nitrogen and oxygen atoms in total. The van der Waals surface area contributed by atoms with Crippen molar-refractivity contribution in [2.75, 3.05) is 6.54 Å². The Morgan fingerprint density at radius 3 is 2.72 bits per heavy atom. The molecule has 0 radical (unpaired) electrons. The zero-order valence-corrected chi connectivity index (χ0v) is 22.9. The molecule has 204 valence electrons. The third-order valence-corrected chi connectivity index (χ3v) is 8.52. The van der Waals surface area contributed by atoms with Gasteiger partial charge in [0.15, 0.2) is 5.69 Å². The van der Waals surface area contributed by atoms with Crippen LogP contribution >= 0.6 is 11.3 Å². The van der Waals surface area contributed by atoms with Crippen molar-refractivity contribution < 1.29 is 18.0 Å². The smallest absolute Gasteiger partial charge is 0.333 e. The number of hydrogen-bond donors (Lipinski definition) is 1. The van der Waals surface area contributed by atoms with Gasteiger partial charge in [-0.2, -0.15) is 23.5 Å². The third-order valence-electron chi connectivity index (χ3n) is 7.48. The van der Waals surface area contributed by atoms with Crippen LogP contribution in [0.15, 0.2) is 48.7 Å². The summed E-state index contributed by atoms with van der Waals surface area (Å²) in [5.74, 6) is -0.549. The molecule has 1 N–H and O–H groups in total. The topological polar surface area (TPSA) is 74.0 Å². The molecule has 1 aromatic carbocycles. The Morgan fingerprint density at radius 1 is 1.28 bits per heavy atom. The first-order valence-corrected chi connectivity index (χ1v) is 13.8. The number of carbonyl (C=O) groups is 1. The second-order valence-electron chi connectivity index (χ2n) is 10.7. The van der Waals surface area contributed by atoms with E-state index in [4.69, 9.17) is 0 Å². The Kier molecular flexibility index (Phi) is 7.16. The summed E-state index contributed by atoms with van der Waals surface area (Å²) < 4.78 is 43.3. The van der Waals surface area contributed by atoms with Crippen molar-refractivity contribution >= 4 is 17.2 Å². The average molecular weight is 554 g/mol. The first-order chi connectivity index (χ1) is 18.5. The van der Waals surface area contributed by atoms with E-state index >= 15 is 0 Å². The summed E-state index contributed by atoms with van der Waals surface area (Å²) in [6.45, 7) is 6.96. The molecule has 10 heteroatoms. The van der Waals surface area contributed by atoms with Crippen molar-refractivity contribution in [3.63, 3.8) is 0 Å². The first-order valence-electron chi connectivity index (χ1n) is 13.0. The second-order valence-corrected chi connectivity index (χ2v) is 11.9. The largest absolute Gasteiger partial charge is 0.435 e. The van der Waals surface area contributed by atoms with Gasteiger partial charge in [0.25, 0.3) is 0 Å². The molecule has 2 aromatic heterocycles. The number of nitrogens with zero attached hydrogens (tertiary/aromatic N) is 4. The number of alkyl halides is 3. The molecule has 0 aliphatic carbocycles. The number of amides is 1. The van der Waals surface area contributed by atoms with E-state index in [2.05, 4.69) is 30.3 Å². The van der Waals surface area contributed by atoms with Crippen molar-refractivity contribution in [3.8, 4) is 17.2 Å². The van der Waals surface area contributed by atoms with E-state index in [1.54, 1.807) is 36.1 Å². The molecule has 4 heterocycles. The highest BCUT2D eigenvalue weighted by Gasteiger charge is 2.39. The van der Waals surface area contributed by atoms with Gasteiger partial charge in [0.05, 0.1) is 6.54 Å². The van der Waals surface area contributed by atoms with E-state index < -0.39 is 17.8 Å². The number of nitrogens with one attached hydrogen (secondary N) is 1. The molecule has 2 aliphatic rings. The fraction of sp³-hybridized carbons (Fsp3) is 0.414. The second kappa shape index (κ2) is 10.3. The normalized spacial score (nSPS) is 20.8. The Labute approximate surface area is 229 Å². The quantitative estimate of drug-likeness (QED) is 0.389. The molecule has 2 aliphatic heterocycles. The van der Waals surface area contributed by atoms with Gasteiger partial charge >= 0.3 is 6.18 Å². The molecule has 5 rings (SSSR count). The molecule has 0 saturated carbocycles. The number of hydrogen-bond acceptors (Lipinski definition) is 5. The number of thiophene rings is 1. The SMILES string of the molecule is CCn1cc(-c2ccccc2[C@@H]2CN(C(=O)/C=C/[C@H]3CCC(C)(C)N3)Cc3sc(C#N)cc32)c(C(F)(F)F)n1. The van der Waals surface area contributed by atoms with Gasteiger partial charge in [0.1, 0.15) is 10.9 Å². The minimum atomic E-state index is -4.62. The summed E-state index contributed by atoms with van der Waals surface area (Å²) in [5.41, 5.74) is 1.08. The molecular weight excluding hydrogens is 523 g/mol. The number of fused-ring (bicyclic) bond motifs is 1. The number of carbonyl (C=O) groups excluding carboxylic acids is 1. The molecule has 3 aromatic rings. The number of nitriles is 1. The van der Waals surface area contributed by atoms with Crippen LogP contribution in [-0.2, 0) is 24.1 Å². The third kappa shape index (κ3) is 5.52. The maximum absolute atomic E-state index is 14.0. The van der Waals surface area contributed by atoms with Gasteiger partial charge in [-0.15, -0.1) is 11.3 Å². The van der Waals surface area contributed by atoms with Gasteiger partial charge in [-0.3, -0.25) is 9.48 Å². The van der Waals surface area contributed by atoms with Crippen LogP contribution in [0.5, 0.6) is 0 Å². The van der Waals surface area contributed by atoms with E-state index in [9.17, 15) is 23.2 Å². The lowest BCUT2D eigenvalue weighted by molar-refractivity contribution is -0.141. The molecule has 1 amide bonds. The van der Waals surface area contributed by atoms with Gasteiger partial charge in [0, 0.05) is 53.3 Å². The van der Waals surface area contributed by atoms with Gasteiger partial charge in [-0.1, -0.05) is 30.3 Å². The zero-order chi connectivity index (χ0) is 27.9. The highest BCUT2D eigenvalue weighted by atomic mass is 32.1. The monoisotopic (exact) mass is 553 g/mol. The highest BCUT2D eigenvalue weighted by molar-refractivity contribution is 7.12. The number of halogens is 3. The molecule has 39 heavy (non-hydrogen) atoms. The van der Waals surface area contributed by atoms with E-state index in [1.807, 2.05) is 18.2 Å². The van der Waals surface area contributed by atoms with Gasteiger partial charge in [-0.25, -0.2) is 0 Å². The Bertz CT molecular complexity index is 1460. The predicted molar refractivity (Wildman–Crippen MR) is 144 cm³/mol. The molecule has 1 fully saturated rings. The van der Waals surface area contributed by atoms with E-state index in [1.165, 1.54) is 22.2 Å². The molecule has 0 unspecified atom stereocenters. The lowest BCUT2D eigenvalue weighted by atomic mass is 9.83. The van der Waals surface area contributed by atoms with Crippen LogP contribution in [-0.4, -0.2) is 38.7 Å². The van der Waals surface area contributed by atoms with Crippen LogP contribution in [0.1, 0.15) is 66.1 Å². The van der Waals surface area contributed by atoms with Gasteiger partial charge < -0.3 is 10.2 Å². The number of aromatic nitrogens is 2. The Morgan fingerprint density at radius 2 is 2.05 bits per heavy atom. The van der Waals surface area contributed by atoms with Crippen molar-refractivity contribution in [2.24, 2.45) is 0 Å². The average Bonchev–Trinajstić information content (AvgIpc) is 3.62. The van der Waals surface area contributed by atoms with Crippen LogP contribution in [0.25, 0.3) is 11.1 Å². The van der Waals surface area contributed by atoms with Crippen molar-refractivity contribution in [3.05, 3.63) is 75.3 Å². The first kappa shape index (κ1) is 27.2. The number of rotatable bonds is 5. The van der Waals surface area contributed by atoms with Crippen molar-refractivity contribution in [1.29, 1.82) is 5.26 Å². The zero-order valence-electron chi connectivity index (χ0n) is 22.0. The Hall–Kier alpha value is -3.42. The van der Waals surface area contributed by atoms with Crippen LogP contribution < -0.4 is 5.32 Å². The summed E-state index contributed by atoms with van der Waals surface area (Å²) in [6.07, 6.45) is 2.27. The summed E-state index contributed by atoms with van der Waals surface area (Å²) in [5, 5.41) is 16.9. The summed E-state index contributed by atoms with van der Waals surface area (Å²) in [6, 6.07) is 11.1. The van der Waals surface area contributed by atoms with E-state index in [-0.39, 0.29) is 23.1 Å². The minimum Gasteiger partial charge on any atom is -0.333 e. The van der Waals surface area contributed by atoms with Crippen LogP contribution in [0, 0.1) is 11.3 Å². The fourth-order valence-corrected chi connectivity index (χ4v) is 6.59. The van der Waals surface area contributed by atoms with Crippen LogP contribution in [0.4, 0.5) is 13.2 Å². The van der Waals surface area contributed by atoms with E-state index in [0.29, 0.717) is 35.6 Å². The minimum absolute atomic E-state index is 0.00973. The van der Waals surface area contributed by atoms with Gasteiger partial charge in [0.2, 0.25) is 5.91 Å². The van der Waals surface area contributed by atoms with Crippen LogP contribution in [0.2, 0.25) is 0 Å². The summed E-state index contributed by atoms with van der Waals surface area (Å²) in [7, 11) is 0. The summed E-state index contributed by atoms with van der Waals surface area (Å²) >= 11 is 1.33. The van der Waals surface area contributed by atoms with Crippen molar-refractivity contribution in [1.82, 2.24) is 20.0 Å². The number of benzene rings is 1. The predicted octanol–water partition coefficient (Wildman–Crippen LogP) is 6.08. The maximum atomic E-state index is 14.0. The standard InChI is InChI=1S/C29H30F3N5OS/c1-4-37-16-24(27(35-37)29(30,31)32)21-8-6-5-7-20(21)23-15-36(17-25-22(23)13-19(14-33)39-25)26(38)10-9-18-11-12-28(2,3)34-18/h5-10,13,16,18,23,34H,4,11-12,15,17H2,1-3H3/b10-9+/t18-,23-/m0/s1. The fourth-order valence-electron chi connectivity index (χ4n) is 5.55. The molecule has 2 atom stereocenters. The molecular formula is C29H30F3N5OS. The lowest BCUT2D eigenvalue weighted by Crippen LogP contribution is -2.38. The maximum Gasteiger partial charge on any atom is 0.435 e.